The second-order valence-corrected chi connectivity index (χ2v) is 4.05. The first-order chi connectivity index (χ1) is 7.50. The predicted molar refractivity (Wildman–Crippen MR) is 59.3 cm³/mol. The number of carbonyl (C=O) groups is 1. The number of rotatable bonds is 6. The molecule has 0 radical (unpaired) electrons. The zero-order valence-corrected chi connectivity index (χ0v) is 9.64. The molecular weight excluding hydrogens is 208 g/mol. The first kappa shape index (κ1) is 12.9. The number of furan rings is 1. The summed E-state index contributed by atoms with van der Waals surface area (Å²) in [6.07, 6.45) is 0.872. The van der Waals surface area contributed by atoms with E-state index >= 15 is 0 Å². The van der Waals surface area contributed by atoms with Gasteiger partial charge in [-0.1, -0.05) is 0 Å². The van der Waals surface area contributed by atoms with Crippen LogP contribution in [0.25, 0.3) is 0 Å². The third-order valence-corrected chi connectivity index (χ3v) is 2.33. The summed E-state index contributed by atoms with van der Waals surface area (Å²) in [7, 11) is 0. The van der Waals surface area contributed by atoms with Crippen LogP contribution < -0.4 is 0 Å². The molecule has 4 nitrogen and oxygen atoms in total. The highest BCUT2D eigenvalue weighted by atomic mass is 16.4. The van der Waals surface area contributed by atoms with E-state index in [1.807, 2.05) is 0 Å². The van der Waals surface area contributed by atoms with E-state index < -0.39 is 11.9 Å². The molecule has 0 fully saturated rings. The second kappa shape index (κ2) is 5.82. The molecule has 1 heterocycles. The number of aryl methyl sites for hydroxylation is 1. The summed E-state index contributed by atoms with van der Waals surface area (Å²) >= 11 is 0. The molecule has 0 amide bonds. The molecule has 0 aromatic carbocycles. The molecule has 0 saturated heterocycles. The van der Waals surface area contributed by atoms with Crippen LogP contribution in [0.1, 0.15) is 43.0 Å². The molecule has 4 heteroatoms. The van der Waals surface area contributed by atoms with Crippen molar-refractivity contribution in [2.75, 3.05) is 0 Å². The molecule has 0 spiro atoms. The van der Waals surface area contributed by atoms with Gasteiger partial charge in [0, 0.05) is 6.42 Å². The standard InChI is InChI=1S/C12H18O4/c1-8(13)4-3-5-10-6-7-11(16-10)12(15)9(2)14/h6-9,13-14H,3-5H2,1-2H3. The van der Waals surface area contributed by atoms with Crippen LogP contribution in [0.2, 0.25) is 0 Å². The quantitative estimate of drug-likeness (QED) is 0.722. The normalized spacial score (nSPS) is 14.8. The zero-order valence-electron chi connectivity index (χ0n) is 9.64. The van der Waals surface area contributed by atoms with Crippen LogP contribution in [0.3, 0.4) is 0 Å². The van der Waals surface area contributed by atoms with Crippen LogP contribution in [-0.4, -0.2) is 28.2 Å². The van der Waals surface area contributed by atoms with Crippen LogP contribution >= 0.6 is 0 Å². The van der Waals surface area contributed by atoms with Crippen molar-refractivity contribution in [1.82, 2.24) is 0 Å². The summed E-state index contributed by atoms with van der Waals surface area (Å²) in [6, 6.07) is 3.31. The molecule has 90 valence electrons. The SMILES string of the molecule is CC(O)CCCc1ccc(C(=O)C(C)O)o1. The van der Waals surface area contributed by atoms with E-state index in [0.29, 0.717) is 18.6 Å². The highest BCUT2D eigenvalue weighted by molar-refractivity contribution is 5.96. The topological polar surface area (TPSA) is 70.7 Å². The molecule has 1 rings (SSSR count). The summed E-state index contributed by atoms with van der Waals surface area (Å²) in [4.78, 5) is 11.4. The molecule has 1 aromatic rings. The summed E-state index contributed by atoms with van der Waals surface area (Å²) in [5, 5.41) is 18.2. The average molecular weight is 226 g/mol. The molecule has 16 heavy (non-hydrogen) atoms. The fourth-order valence-corrected chi connectivity index (χ4v) is 1.42. The van der Waals surface area contributed by atoms with Gasteiger partial charge in [0.1, 0.15) is 11.9 Å². The fourth-order valence-electron chi connectivity index (χ4n) is 1.42. The lowest BCUT2D eigenvalue weighted by Gasteiger charge is -2.02. The van der Waals surface area contributed by atoms with Gasteiger partial charge in [-0.2, -0.15) is 0 Å². The molecule has 2 atom stereocenters. The molecular formula is C12H18O4. The van der Waals surface area contributed by atoms with E-state index in [2.05, 4.69) is 0 Å². The van der Waals surface area contributed by atoms with Gasteiger partial charge in [-0.3, -0.25) is 4.79 Å². The maximum Gasteiger partial charge on any atom is 0.226 e. The van der Waals surface area contributed by atoms with Gasteiger partial charge in [-0.25, -0.2) is 0 Å². The van der Waals surface area contributed by atoms with Gasteiger partial charge in [0.05, 0.1) is 6.10 Å². The summed E-state index contributed by atoms with van der Waals surface area (Å²) in [5.74, 6) is 0.508. The Morgan fingerprint density at radius 1 is 1.38 bits per heavy atom. The minimum atomic E-state index is -1.03. The van der Waals surface area contributed by atoms with Crippen molar-refractivity contribution in [3.05, 3.63) is 23.7 Å². The van der Waals surface area contributed by atoms with Crippen LogP contribution in [-0.2, 0) is 6.42 Å². The van der Waals surface area contributed by atoms with E-state index in [1.165, 1.54) is 6.92 Å². The molecule has 0 aliphatic heterocycles. The molecule has 0 aliphatic rings. The van der Waals surface area contributed by atoms with Crippen LogP contribution in [0.4, 0.5) is 0 Å². The van der Waals surface area contributed by atoms with Gasteiger partial charge in [-0.15, -0.1) is 0 Å². The largest absolute Gasteiger partial charge is 0.458 e. The summed E-state index contributed by atoms with van der Waals surface area (Å²) in [5.41, 5.74) is 0. The lowest BCUT2D eigenvalue weighted by molar-refractivity contribution is 0.0748. The van der Waals surface area contributed by atoms with E-state index in [9.17, 15) is 4.79 Å². The van der Waals surface area contributed by atoms with Crippen LogP contribution in [0.5, 0.6) is 0 Å². The van der Waals surface area contributed by atoms with Gasteiger partial charge in [0.2, 0.25) is 5.78 Å². The highest BCUT2D eigenvalue weighted by Crippen LogP contribution is 2.13. The molecule has 0 bridgehead atoms. The monoisotopic (exact) mass is 226 g/mol. The zero-order chi connectivity index (χ0) is 12.1. The Hall–Kier alpha value is -1.13. The van der Waals surface area contributed by atoms with E-state index in [-0.39, 0.29) is 11.9 Å². The Bertz CT molecular complexity index is 339. The van der Waals surface area contributed by atoms with Gasteiger partial charge in [-0.05, 0) is 38.8 Å². The number of hydrogen-bond donors (Lipinski definition) is 2. The van der Waals surface area contributed by atoms with Crippen molar-refractivity contribution in [2.24, 2.45) is 0 Å². The Morgan fingerprint density at radius 3 is 2.62 bits per heavy atom. The minimum Gasteiger partial charge on any atom is -0.458 e. The third-order valence-electron chi connectivity index (χ3n) is 2.33. The third kappa shape index (κ3) is 3.79. The predicted octanol–water partition coefficient (Wildman–Crippen LogP) is 1.55. The maximum atomic E-state index is 11.4. The van der Waals surface area contributed by atoms with E-state index in [1.54, 1.807) is 19.1 Å². The first-order valence-corrected chi connectivity index (χ1v) is 5.49. The number of ketones is 1. The fraction of sp³-hybridized carbons (Fsp3) is 0.583. The van der Waals surface area contributed by atoms with Crippen LogP contribution in [0.15, 0.2) is 16.5 Å². The molecule has 0 aliphatic carbocycles. The van der Waals surface area contributed by atoms with E-state index in [4.69, 9.17) is 14.6 Å². The Labute approximate surface area is 94.9 Å². The van der Waals surface area contributed by atoms with Crippen molar-refractivity contribution < 1.29 is 19.4 Å². The second-order valence-electron chi connectivity index (χ2n) is 4.05. The van der Waals surface area contributed by atoms with Crippen LogP contribution in [0, 0.1) is 0 Å². The molecule has 2 unspecified atom stereocenters. The van der Waals surface area contributed by atoms with Gasteiger partial charge in [0.25, 0.3) is 0 Å². The lowest BCUT2D eigenvalue weighted by atomic mass is 10.1. The van der Waals surface area contributed by atoms with Crippen molar-refractivity contribution >= 4 is 5.78 Å². The minimum absolute atomic E-state index is 0.196. The van der Waals surface area contributed by atoms with Gasteiger partial charge >= 0.3 is 0 Å². The number of hydrogen-bond acceptors (Lipinski definition) is 4. The Balaban J connectivity index is 2.48. The van der Waals surface area contributed by atoms with Crippen molar-refractivity contribution in [2.45, 2.75) is 45.3 Å². The Kier molecular flexibility index (Phi) is 4.71. The smallest absolute Gasteiger partial charge is 0.226 e. The molecule has 0 saturated carbocycles. The Morgan fingerprint density at radius 2 is 2.06 bits per heavy atom. The number of carbonyl (C=O) groups excluding carboxylic acids is 1. The van der Waals surface area contributed by atoms with E-state index in [0.717, 1.165) is 6.42 Å². The lowest BCUT2D eigenvalue weighted by Crippen LogP contribution is -2.15. The first-order valence-electron chi connectivity index (χ1n) is 5.49. The van der Waals surface area contributed by atoms with Crippen molar-refractivity contribution in [1.29, 1.82) is 0 Å². The average Bonchev–Trinajstić information content (AvgIpc) is 2.64. The molecule has 2 N–H and O–H groups in total. The summed E-state index contributed by atoms with van der Waals surface area (Å²) in [6.45, 7) is 3.16. The summed E-state index contributed by atoms with van der Waals surface area (Å²) < 4.78 is 5.30. The van der Waals surface area contributed by atoms with Crippen molar-refractivity contribution in [3.63, 3.8) is 0 Å². The number of Topliss-reactive ketones (excluding diaryl/α,β-unsaturated/α-hetero) is 1. The highest BCUT2D eigenvalue weighted by Gasteiger charge is 2.16. The maximum absolute atomic E-state index is 11.4. The number of aliphatic hydroxyl groups excluding tert-OH is 2. The van der Waals surface area contributed by atoms with Crippen molar-refractivity contribution in [3.8, 4) is 0 Å². The van der Waals surface area contributed by atoms with Gasteiger partial charge < -0.3 is 14.6 Å². The van der Waals surface area contributed by atoms with Gasteiger partial charge in [0.15, 0.2) is 5.76 Å². The number of aliphatic hydroxyl groups is 2. The molecule has 1 aromatic heterocycles.